The first kappa shape index (κ1) is 16.0. The van der Waals surface area contributed by atoms with E-state index in [-0.39, 0.29) is 6.04 Å². The van der Waals surface area contributed by atoms with Crippen LogP contribution in [0.25, 0.3) is 0 Å². The number of nitrogens with two attached hydrogens (primary N) is 1. The maximum Gasteiger partial charge on any atom is 0.124 e. The fourth-order valence-electron chi connectivity index (χ4n) is 2.14. The molecular formula is C16H27NO2. The van der Waals surface area contributed by atoms with Gasteiger partial charge in [0.15, 0.2) is 0 Å². The Morgan fingerprint density at radius 2 is 2.00 bits per heavy atom. The van der Waals surface area contributed by atoms with Crippen molar-refractivity contribution in [1.29, 1.82) is 0 Å². The molecule has 1 rings (SSSR count). The minimum absolute atomic E-state index is 0.0312. The van der Waals surface area contributed by atoms with Crippen LogP contribution in [0.2, 0.25) is 0 Å². The highest BCUT2D eigenvalue weighted by molar-refractivity contribution is 5.37. The van der Waals surface area contributed by atoms with Gasteiger partial charge >= 0.3 is 0 Å². The van der Waals surface area contributed by atoms with Crippen molar-refractivity contribution in [2.45, 2.75) is 46.3 Å². The number of hydrogen-bond acceptors (Lipinski definition) is 3. The van der Waals surface area contributed by atoms with Gasteiger partial charge in [0.2, 0.25) is 0 Å². The van der Waals surface area contributed by atoms with Crippen LogP contribution < -0.4 is 10.5 Å². The maximum atomic E-state index is 5.91. The summed E-state index contributed by atoms with van der Waals surface area (Å²) in [7, 11) is 1.68. The van der Waals surface area contributed by atoms with Crippen molar-refractivity contribution < 1.29 is 9.47 Å². The minimum atomic E-state index is 0.0312. The number of ether oxygens (including phenoxy) is 2. The van der Waals surface area contributed by atoms with Gasteiger partial charge in [-0.2, -0.15) is 0 Å². The van der Waals surface area contributed by atoms with Gasteiger partial charge in [0.25, 0.3) is 0 Å². The van der Waals surface area contributed by atoms with Crippen LogP contribution in [0.15, 0.2) is 18.2 Å². The molecule has 3 heteroatoms. The van der Waals surface area contributed by atoms with E-state index in [1.165, 1.54) is 12.8 Å². The summed E-state index contributed by atoms with van der Waals surface area (Å²) in [6.45, 7) is 7.78. The summed E-state index contributed by atoms with van der Waals surface area (Å²) in [5.41, 5.74) is 8.09. The van der Waals surface area contributed by atoms with Gasteiger partial charge in [0, 0.05) is 18.2 Å². The van der Waals surface area contributed by atoms with Crippen LogP contribution >= 0.6 is 0 Å². The van der Waals surface area contributed by atoms with E-state index in [4.69, 9.17) is 15.2 Å². The Morgan fingerprint density at radius 3 is 2.58 bits per heavy atom. The molecule has 0 aliphatic rings. The molecule has 0 saturated carbocycles. The molecular weight excluding hydrogens is 238 g/mol. The third kappa shape index (κ3) is 5.21. The SMILES string of the molecule is CCCC(C)COCc1cc(C(C)N)ccc1OC. The number of methoxy groups -OCH3 is 1. The van der Waals surface area contributed by atoms with E-state index in [9.17, 15) is 0 Å². The van der Waals surface area contributed by atoms with Crippen molar-refractivity contribution in [2.24, 2.45) is 11.7 Å². The molecule has 0 saturated heterocycles. The zero-order valence-electron chi connectivity index (χ0n) is 12.6. The third-order valence-corrected chi connectivity index (χ3v) is 3.27. The van der Waals surface area contributed by atoms with Crippen molar-refractivity contribution in [3.05, 3.63) is 29.3 Å². The van der Waals surface area contributed by atoms with Gasteiger partial charge in [0.05, 0.1) is 13.7 Å². The topological polar surface area (TPSA) is 44.5 Å². The summed E-state index contributed by atoms with van der Waals surface area (Å²) in [4.78, 5) is 0. The number of benzene rings is 1. The second kappa shape index (κ2) is 8.18. The van der Waals surface area contributed by atoms with Crippen LogP contribution in [0, 0.1) is 5.92 Å². The monoisotopic (exact) mass is 265 g/mol. The smallest absolute Gasteiger partial charge is 0.124 e. The predicted molar refractivity (Wildman–Crippen MR) is 79.3 cm³/mol. The van der Waals surface area contributed by atoms with Crippen LogP contribution in [0.1, 0.15) is 50.8 Å². The molecule has 0 aliphatic heterocycles. The molecule has 0 fully saturated rings. The lowest BCUT2D eigenvalue weighted by Gasteiger charge is -2.15. The lowest BCUT2D eigenvalue weighted by atomic mass is 10.0. The molecule has 2 unspecified atom stereocenters. The average molecular weight is 265 g/mol. The molecule has 0 radical (unpaired) electrons. The second-order valence-electron chi connectivity index (χ2n) is 5.27. The Hall–Kier alpha value is -1.06. The van der Waals surface area contributed by atoms with Crippen LogP contribution in [0.3, 0.4) is 0 Å². The zero-order chi connectivity index (χ0) is 14.3. The van der Waals surface area contributed by atoms with Crippen LogP contribution in [0.5, 0.6) is 5.75 Å². The zero-order valence-corrected chi connectivity index (χ0v) is 12.6. The van der Waals surface area contributed by atoms with Gasteiger partial charge in [0.1, 0.15) is 5.75 Å². The van der Waals surface area contributed by atoms with Crippen molar-refractivity contribution >= 4 is 0 Å². The summed E-state index contributed by atoms with van der Waals surface area (Å²) in [5, 5.41) is 0. The van der Waals surface area contributed by atoms with E-state index < -0.39 is 0 Å². The highest BCUT2D eigenvalue weighted by Gasteiger charge is 2.08. The largest absolute Gasteiger partial charge is 0.496 e. The molecule has 19 heavy (non-hydrogen) atoms. The Labute approximate surface area is 117 Å². The van der Waals surface area contributed by atoms with Crippen molar-refractivity contribution in [1.82, 2.24) is 0 Å². The fraction of sp³-hybridized carbons (Fsp3) is 0.625. The van der Waals surface area contributed by atoms with Crippen molar-refractivity contribution in [2.75, 3.05) is 13.7 Å². The molecule has 108 valence electrons. The van der Waals surface area contributed by atoms with Crippen molar-refractivity contribution in [3.63, 3.8) is 0 Å². The Kier molecular flexibility index (Phi) is 6.89. The molecule has 2 atom stereocenters. The molecule has 0 aromatic heterocycles. The van der Waals surface area contributed by atoms with E-state index in [1.807, 2.05) is 19.1 Å². The molecule has 0 aliphatic carbocycles. The summed E-state index contributed by atoms with van der Waals surface area (Å²) in [5.74, 6) is 1.47. The molecule has 1 aromatic carbocycles. The van der Waals surface area contributed by atoms with E-state index in [0.29, 0.717) is 12.5 Å². The molecule has 1 aromatic rings. The van der Waals surface area contributed by atoms with Gasteiger partial charge in [-0.15, -0.1) is 0 Å². The van der Waals surface area contributed by atoms with Crippen LogP contribution in [-0.2, 0) is 11.3 Å². The lowest BCUT2D eigenvalue weighted by Crippen LogP contribution is -2.08. The van der Waals surface area contributed by atoms with E-state index >= 15 is 0 Å². The normalized spacial score (nSPS) is 14.2. The lowest BCUT2D eigenvalue weighted by molar-refractivity contribution is 0.0879. The van der Waals surface area contributed by atoms with E-state index in [0.717, 1.165) is 23.5 Å². The quantitative estimate of drug-likeness (QED) is 0.780. The van der Waals surface area contributed by atoms with Gasteiger partial charge in [-0.25, -0.2) is 0 Å². The first-order valence-electron chi connectivity index (χ1n) is 7.08. The van der Waals surface area contributed by atoms with Gasteiger partial charge in [-0.1, -0.05) is 26.3 Å². The van der Waals surface area contributed by atoms with E-state index in [2.05, 4.69) is 19.9 Å². The highest BCUT2D eigenvalue weighted by Crippen LogP contribution is 2.23. The number of rotatable bonds is 8. The Bertz CT molecular complexity index is 377. The van der Waals surface area contributed by atoms with E-state index in [1.54, 1.807) is 7.11 Å². The molecule has 0 bridgehead atoms. The predicted octanol–water partition coefficient (Wildman–Crippen LogP) is 3.67. The Morgan fingerprint density at radius 1 is 1.26 bits per heavy atom. The minimum Gasteiger partial charge on any atom is -0.496 e. The highest BCUT2D eigenvalue weighted by atomic mass is 16.5. The summed E-state index contributed by atoms with van der Waals surface area (Å²) < 4.78 is 11.2. The summed E-state index contributed by atoms with van der Waals surface area (Å²) in [6, 6.07) is 6.08. The second-order valence-corrected chi connectivity index (χ2v) is 5.27. The Balaban J connectivity index is 2.62. The van der Waals surface area contributed by atoms with Crippen LogP contribution in [0.4, 0.5) is 0 Å². The standard InChI is InChI=1S/C16H27NO2/c1-5-6-12(2)10-19-11-15-9-14(13(3)17)7-8-16(15)18-4/h7-9,12-13H,5-6,10-11,17H2,1-4H3. The summed E-state index contributed by atoms with van der Waals surface area (Å²) >= 11 is 0. The van der Waals surface area contributed by atoms with Gasteiger partial charge in [-0.3, -0.25) is 0 Å². The fourth-order valence-corrected chi connectivity index (χ4v) is 2.14. The number of hydrogen-bond donors (Lipinski definition) is 1. The molecule has 0 amide bonds. The first-order valence-corrected chi connectivity index (χ1v) is 7.08. The molecule has 0 heterocycles. The summed E-state index contributed by atoms with van der Waals surface area (Å²) in [6.07, 6.45) is 2.41. The van der Waals surface area contributed by atoms with Gasteiger partial charge < -0.3 is 15.2 Å². The third-order valence-electron chi connectivity index (χ3n) is 3.27. The van der Waals surface area contributed by atoms with Crippen molar-refractivity contribution in [3.8, 4) is 5.75 Å². The first-order chi connectivity index (χ1) is 9.08. The molecule has 3 nitrogen and oxygen atoms in total. The van der Waals surface area contributed by atoms with Crippen LogP contribution in [-0.4, -0.2) is 13.7 Å². The molecule has 2 N–H and O–H groups in total. The maximum absolute atomic E-state index is 5.91. The van der Waals surface area contributed by atoms with Gasteiger partial charge in [-0.05, 0) is 37.0 Å². The average Bonchev–Trinajstić information content (AvgIpc) is 2.38. The molecule has 0 spiro atoms.